The molecule has 0 radical (unpaired) electrons. The normalized spacial score (nSPS) is 19.0. The summed E-state index contributed by atoms with van der Waals surface area (Å²) in [6.07, 6.45) is 4.85. The molecule has 0 spiro atoms. The van der Waals surface area contributed by atoms with Crippen molar-refractivity contribution in [2.24, 2.45) is 0 Å². The number of ether oxygens (including phenoxy) is 1. The minimum atomic E-state index is -0.724. The Morgan fingerprint density at radius 3 is 2.43 bits per heavy atom. The van der Waals surface area contributed by atoms with Gasteiger partial charge in [0.05, 0.1) is 11.8 Å². The molecule has 0 saturated carbocycles. The Bertz CT molecular complexity index is 393. The highest BCUT2D eigenvalue weighted by Gasteiger charge is 2.37. The van der Waals surface area contributed by atoms with Crippen LogP contribution in [0.2, 0.25) is 0 Å². The lowest BCUT2D eigenvalue weighted by Gasteiger charge is -2.15. The van der Waals surface area contributed by atoms with Crippen LogP contribution in [-0.4, -0.2) is 16.4 Å². The first-order chi connectivity index (χ1) is 6.61. The lowest BCUT2D eigenvalue weighted by Crippen LogP contribution is -2.28. The summed E-state index contributed by atoms with van der Waals surface area (Å²) in [5.41, 5.74) is 0.756. The van der Waals surface area contributed by atoms with Crippen LogP contribution in [0.15, 0.2) is 30.8 Å². The van der Waals surface area contributed by atoms with E-state index in [0.717, 1.165) is 5.56 Å². The molecular formula is C11H11NO2. The summed E-state index contributed by atoms with van der Waals surface area (Å²) in [7, 11) is 0. The quantitative estimate of drug-likeness (QED) is 0.676. The van der Waals surface area contributed by atoms with Gasteiger partial charge in [-0.15, -0.1) is 0 Å². The minimum absolute atomic E-state index is 0.0173. The SMILES string of the molecule is CC1(C)OC=C(c2ccncc2)C1=O. The van der Waals surface area contributed by atoms with E-state index in [0.29, 0.717) is 5.57 Å². The van der Waals surface area contributed by atoms with Gasteiger partial charge in [0, 0.05) is 12.4 Å². The second kappa shape index (κ2) is 2.94. The molecule has 3 nitrogen and oxygen atoms in total. The molecule has 1 aromatic rings. The van der Waals surface area contributed by atoms with Crippen molar-refractivity contribution >= 4 is 11.4 Å². The van der Waals surface area contributed by atoms with Crippen molar-refractivity contribution in [2.75, 3.05) is 0 Å². The number of aromatic nitrogens is 1. The zero-order valence-electron chi connectivity index (χ0n) is 8.15. The van der Waals surface area contributed by atoms with Crippen LogP contribution in [0.1, 0.15) is 19.4 Å². The maximum atomic E-state index is 11.8. The van der Waals surface area contributed by atoms with Gasteiger partial charge in [0.15, 0.2) is 5.60 Å². The summed E-state index contributed by atoms with van der Waals surface area (Å²) in [6.45, 7) is 3.53. The van der Waals surface area contributed by atoms with Gasteiger partial charge in [0.1, 0.15) is 0 Å². The van der Waals surface area contributed by atoms with Gasteiger partial charge in [-0.2, -0.15) is 0 Å². The number of ketones is 1. The number of hydrogen-bond donors (Lipinski definition) is 0. The highest BCUT2D eigenvalue weighted by atomic mass is 16.5. The molecule has 1 aliphatic heterocycles. The van der Waals surface area contributed by atoms with Gasteiger partial charge >= 0.3 is 0 Å². The summed E-state index contributed by atoms with van der Waals surface area (Å²) in [5.74, 6) is 0.0173. The number of carbonyl (C=O) groups is 1. The molecule has 0 aromatic carbocycles. The fraction of sp³-hybridized carbons (Fsp3) is 0.273. The molecule has 0 N–H and O–H groups in total. The van der Waals surface area contributed by atoms with Crippen LogP contribution in [0.3, 0.4) is 0 Å². The average molecular weight is 189 g/mol. The summed E-state index contributed by atoms with van der Waals surface area (Å²) < 4.78 is 5.29. The third-order valence-electron chi connectivity index (χ3n) is 2.25. The highest BCUT2D eigenvalue weighted by Crippen LogP contribution is 2.30. The Kier molecular flexibility index (Phi) is 1.88. The smallest absolute Gasteiger partial charge is 0.209 e. The molecule has 0 aliphatic carbocycles. The van der Waals surface area contributed by atoms with E-state index >= 15 is 0 Å². The van der Waals surface area contributed by atoms with Gasteiger partial charge in [-0.05, 0) is 31.5 Å². The van der Waals surface area contributed by atoms with Crippen molar-refractivity contribution in [3.8, 4) is 0 Å². The van der Waals surface area contributed by atoms with E-state index in [9.17, 15) is 4.79 Å². The predicted octanol–water partition coefficient (Wildman–Crippen LogP) is 1.80. The third kappa shape index (κ3) is 1.31. The molecule has 3 heteroatoms. The van der Waals surface area contributed by atoms with Gasteiger partial charge < -0.3 is 4.74 Å². The Labute approximate surface area is 82.4 Å². The van der Waals surface area contributed by atoms with Gasteiger partial charge in [0.25, 0.3) is 0 Å². The second-order valence-electron chi connectivity index (χ2n) is 3.72. The van der Waals surface area contributed by atoms with Crippen molar-refractivity contribution < 1.29 is 9.53 Å². The van der Waals surface area contributed by atoms with Crippen molar-refractivity contribution in [1.82, 2.24) is 4.98 Å². The number of Topliss-reactive ketones (excluding diaryl/α,β-unsaturated/α-hetero) is 1. The Morgan fingerprint density at radius 2 is 1.93 bits per heavy atom. The summed E-state index contributed by atoms with van der Waals surface area (Å²) in [4.78, 5) is 15.7. The van der Waals surface area contributed by atoms with E-state index in [2.05, 4.69) is 4.98 Å². The molecule has 14 heavy (non-hydrogen) atoms. The first-order valence-electron chi connectivity index (χ1n) is 4.44. The van der Waals surface area contributed by atoms with E-state index < -0.39 is 5.60 Å². The second-order valence-corrected chi connectivity index (χ2v) is 3.72. The van der Waals surface area contributed by atoms with E-state index in [4.69, 9.17) is 4.74 Å². The Balaban J connectivity index is 2.36. The summed E-state index contributed by atoms with van der Waals surface area (Å²) >= 11 is 0. The van der Waals surface area contributed by atoms with E-state index in [1.807, 2.05) is 0 Å². The fourth-order valence-electron chi connectivity index (χ4n) is 1.37. The maximum absolute atomic E-state index is 11.8. The van der Waals surface area contributed by atoms with Crippen LogP contribution < -0.4 is 0 Å². The number of rotatable bonds is 1. The Morgan fingerprint density at radius 1 is 1.29 bits per heavy atom. The minimum Gasteiger partial charge on any atom is -0.487 e. The molecule has 0 amide bonds. The van der Waals surface area contributed by atoms with Gasteiger partial charge in [-0.1, -0.05) is 0 Å². The average Bonchev–Trinajstić information content (AvgIpc) is 2.44. The highest BCUT2D eigenvalue weighted by molar-refractivity contribution is 6.25. The third-order valence-corrected chi connectivity index (χ3v) is 2.25. The molecule has 0 bridgehead atoms. The number of pyridine rings is 1. The lowest BCUT2D eigenvalue weighted by atomic mass is 9.95. The largest absolute Gasteiger partial charge is 0.487 e. The van der Waals surface area contributed by atoms with Crippen LogP contribution in [0, 0.1) is 0 Å². The first-order valence-corrected chi connectivity index (χ1v) is 4.44. The molecule has 2 heterocycles. The van der Waals surface area contributed by atoms with Crippen LogP contribution in [-0.2, 0) is 9.53 Å². The molecule has 2 rings (SSSR count). The van der Waals surface area contributed by atoms with Crippen molar-refractivity contribution in [1.29, 1.82) is 0 Å². The van der Waals surface area contributed by atoms with Crippen LogP contribution >= 0.6 is 0 Å². The summed E-state index contributed by atoms with van der Waals surface area (Å²) in [5, 5.41) is 0. The van der Waals surface area contributed by atoms with E-state index in [1.54, 1.807) is 38.4 Å². The predicted molar refractivity (Wildman–Crippen MR) is 52.4 cm³/mol. The molecule has 72 valence electrons. The number of hydrogen-bond acceptors (Lipinski definition) is 3. The van der Waals surface area contributed by atoms with Gasteiger partial charge in [-0.3, -0.25) is 9.78 Å². The van der Waals surface area contributed by atoms with Crippen molar-refractivity contribution in [2.45, 2.75) is 19.4 Å². The van der Waals surface area contributed by atoms with E-state index in [-0.39, 0.29) is 5.78 Å². The van der Waals surface area contributed by atoms with E-state index in [1.165, 1.54) is 6.26 Å². The topological polar surface area (TPSA) is 39.2 Å². The standard InChI is InChI=1S/C11H11NO2/c1-11(2)10(13)9(7-14-11)8-3-5-12-6-4-8/h3-7H,1-2H3. The molecule has 0 fully saturated rings. The number of carbonyl (C=O) groups excluding carboxylic acids is 1. The molecular weight excluding hydrogens is 178 g/mol. The van der Waals surface area contributed by atoms with Crippen LogP contribution in [0.25, 0.3) is 5.57 Å². The Hall–Kier alpha value is -1.64. The monoisotopic (exact) mass is 189 g/mol. The van der Waals surface area contributed by atoms with Crippen LogP contribution in [0.4, 0.5) is 0 Å². The van der Waals surface area contributed by atoms with Crippen LogP contribution in [0.5, 0.6) is 0 Å². The molecule has 0 unspecified atom stereocenters. The summed E-state index contributed by atoms with van der Waals surface area (Å²) in [6, 6.07) is 3.60. The zero-order chi connectivity index (χ0) is 10.2. The first kappa shape index (κ1) is 8.94. The number of nitrogens with zero attached hydrogens (tertiary/aromatic N) is 1. The van der Waals surface area contributed by atoms with Gasteiger partial charge in [0.2, 0.25) is 5.78 Å². The molecule has 1 aliphatic rings. The van der Waals surface area contributed by atoms with Gasteiger partial charge in [-0.25, -0.2) is 0 Å². The van der Waals surface area contributed by atoms with Crippen molar-refractivity contribution in [3.05, 3.63) is 36.4 Å². The molecule has 0 saturated heterocycles. The zero-order valence-corrected chi connectivity index (χ0v) is 8.15. The molecule has 1 aromatic heterocycles. The van der Waals surface area contributed by atoms with Crippen molar-refractivity contribution in [3.63, 3.8) is 0 Å². The fourth-order valence-corrected chi connectivity index (χ4v) is 1.37. The molecule has 0 atom stereocenters. The lowest BCUT2D eigenvalue weighted by molar-refractivity contribution is -0.125. The maximum Gasteiger partial charge on any atom is 0.209 e.